The molecule has 118 valence electrons. The van der Waals surface area contributed by atoms with Gasteiger partial charge in [-0.15, -0.1) is 0 Å². The molecule has 0 amide bonds. The van der Waals surface area contributed by atoms with Crippen molar-refractivity contribution in [2.75, 3.05) is 0 Å². The Hall–Kier alpha value is -2.16. The number of hydrogen-bond donors (Lipinski definition) is 1. The minimum Gasteiger partial charge on any atom is -0.508 e. The number of aromatic hydroxyl groups is 1. The van der Waals surface area contributed by atoms with E-state index in [0.29, 0.717) is 23.0 Å². The molecule has 2 bridgehead atoms. The van der Waals surface area contributed by atoms with E-state index in [1.54, 1.807) is 12.1 Å². The third-order valence-electron chi connectivity index (χ3n) is 5.84. The van der Waals surface area contributed by atoms with Crippen LogP contribution in [0.1, 0.15) is 47.2 Å². The number of fused-ring (bicyclic) bond motifs is 2. The van der Waals surface area contributed by atoms with Crippen LogP contribution in [0.15, 0.2) is 42.5 Å². The first-order valence-electron chi connectivity index (χ1n) is 8.18. The van der Waals surface area contributed by atoms with Gasteiger partial charge in [0, 0.05) is 17.0 Å². The van der Waals surface area contributed by atoms with Gasteiger partial charge in [0.2, 0.25) is 0 Å². The summed E-state index contributed by atoms with van der Waals surface area (Å²) in [6, 6.07) is 12.1. The van der Waals surface area contributed by atoms with Crippen LogP contribution in [0.3, 0.4) is 0 Å². The third kappa shape index (κ3) is 2.10. The molecule has 1 N–H and O–H groups in total. The first kappa shape index (κ1) is 14.4. The summed E-state index contributed by atoms with van der Waals surface area (Å²) in [5, 5.41) is 9.56. The second kappa shape index (κ2) is 5.19. The molecule has 4 rings (SSSR count). The van der Waals surface area contributed by atoms with Crippen molar-refractivity contribution in [3.05, 3.63) is 65.0 Å². The van der Waals surface area contributed by atoms with Gasteiger partial charge in [-0.1, -0.05) is 36.8 Å². The number of carbonyl (C=O) groups excluding carboxylic acids is 1. The van der Waals surface area contributed by atoms with Gasteiger partial charge in [-0.2, -0.15) is 0 Å². The second-order valence-corrected chi connectivity index (χ2v) is 6.96. The molecule has 2 saturated carbocycles. The van der Waals surface area contributed by atoms with Crippen LogP contribution in [0.4, 0.5) is 4.39 Å². The smallest absolute Gasteiger partial charge is 0.150 e. The van der Waals surface area contributed by atoms with Crippen molar-refractivity contribution in [3.63, 3.8) is 0 Å². The molecule has 3 atom stereocenters. The van der Waals surface area contributed by atoms with Crippen molar-refractivity contribution >= 4 is 6.29 Å². The van der Waals surface area contributed by atoms with E-state index >= 15 is 0 Å². The highest BCUT2D eigenvalue weighted by atomic mass is 19.1. The van der Waals surface area contributed by atoms with Crippen molar-refractivity contribution in [2.45, 2.75) is 31.1 Å². The van der Waals surface area contributed by atoms with Crippen molar-refractivity contribution in [1.82, 2.24) is 0 Å². The molecule has 0 radical (unpaired) electrons. The van der Waals surface area contributed by atoms with Crippen molar-refractivity contribution < 1.29 is 14.3 Å². The number of rotatable bonds is 3. The summed E-state index contributed by atoms with van der Waals surface area (Å²) < 4.78 is 14.7. The van der Waals surface area contributed by atoms with Gasteiger partial charge < -0.3 is 5.11 Å². The maximum absolute atomic E-state index is 14.7. The molecule has 3 unspecified atom stereocenters. The number of aldehydes is 1. The van der Waals surface area contributed by atoms with Gasteiger partial charge in [-0.25, -0.2) is 4.39 Å². The van der Waals surface area contributed by atoms with Gasteiger partial charge in [0.15, 0.2) is 0 Å². The molecule has 2 aromatic rings. The zero-order valence-electron chi connectivity index (χ0n) is 12.8. The number of benzene rings is 2. The van der Waals surface area contributed by atoms with E-state index in [1.807, 2.05) is 24.3 Å². The molecule has 2 fully saturated rings. The van der Waals surface area contributed by atoms with E-state index in [0.717, 1.165) is 31.1 Å². The zero-order valence-corrected chi connectivity index (χ0v) is 12.8. The molecule has 23 heavy (non-hydrogen) atoms. The van der Waals surface area contributed by atoms with Gasteiger partial charge >= 0.3 is 0 Å². The number of phenolic OH excluding ortho intramolecular Hbond substituents is 1. The molecule has 0 saturated heterocycles. The van der Waals surface area contributed by atoms with Crippen LogP contribution in [-0.4, -0.2) is 11.4 Å². The Balaban J connectivity index is 1.89. The lowest BCUT2D eigenvalue weighted by molar-refractivity contribution is 0.112. The standard InChI is InChI=1S/C20H19FO2/c21-19-10-17(23)7-8-18(19)20(11-14-3-6-16(20)9-14)15-4-1-13(12-22)2-5-15/h1-2,4-5,7-8,10,12,14,16,23H,3,6,9,11H2. The van der Waals surface area contributed by atoms with E-state index < -0.39 is 0 Å². The minimum absolute atomic E-state index is 0.0409. The maximum Gasteiger partial charge on any atom is 0.150 e. The Bertz CT molecular complexity index is 753. The zero-order chi connectivity index (χ0) is 16.0. The van der Waals surface area contributed by atoms with Gasteiger partial charge in [0.05, 0.1) is 0 Å². The van der Waals surface area contributed by atoms with Crippen molar-refractivity contribution in [3.8, 4) is 5.75 Å². The number of carbonyl (C=O) groups is 1. The van der Waals surface area contributed by atoms with Crippen LogP contribution >= 0.6 is 0 Å². The fourth-order valence-electron chi connectivity index (χ4n) is 4.89. The molecule has 2 aromatic carbocycles. The van der Waals surface area contributed by atoms with E-state index in [1.165, 1.54) is 12.5 Å². The minimum atomic E-state index is -0.336. The second-order valence-electron chi connectivity index (χ2n) is 6.96. The quantitative estimate of drug-likeness (QED) is 0.850. The first-order chi connectivity index (χ1) is 11.1. The third-order valence-corrected chi connectivity index (χ3v) is 5.84. The molecule has 0 heterocycles. The highest BCUT2D eigenvalue weighted by molar-refractivity contribution is 5.74. The molecular formula is C20H19FO2. The van der Waals surface area contributed by atoms with Crippen LogP contribution in [0.5, 0.6) is 5.75 Å². The average molecular weight is 310 g/mol. The Morgan fingerprint density at radius 3 is 2.48 bits per heavy atom. The van der Waals surface area contributed by atoms with Gasteiger partial charge in [-0.3, -0.25) is 4.79 Å². The summed E-state index contributed by atoms with van der Waals surface area (Å²) in [5.74, 6) is 0.686. The van der Waals surface area contributed by atoms with Gasteiger partial charge in [-0.05, 0) is 48.3 Å². The maximum atomic E-state index is 14.7. The lowest BCUT2D eigenvalue weighted by Gasteiger charge is -2.39. The van der Waals surface area contributed by atoms with Crippen molar-refractivity contribution in [1.29, 1.82) is 0 Å². The Kier molecular flexibility index (Phi) is 3.26. The molecule has 2 aliphatic rings. The summed E-state index contributed by atoms with van der Waals surface area (Å²) in [7, 11) is 0. The topological polar surface area (TPSA) is 37.3 Å². The van der Waals surface area contributed by atoms with Crippen LogP contribution in [0.2, 0.25) is 0 Å². The van der Waals surface area contributed by atoms with Crippen molar-refractivity contribution in [2.24, 2.45) is 11.8 Å². The lowest BCUT2D eigenvalue weighted by atomic mass is 9.64. The lowest BCUT2D eigenvalue weighted by Crippen LogP contribution is -2.35. The number of halogens is 1. The van der Waals surface area contributed by atoms with Gasteiger partial charge in [0.1, 0.15) is 17.9 Å². The fourth-order valence-corrected chi connectivity index (χ4v) is 4.89. The van der Waals surface area contributed by atoms with E-state index in [2.05, 4.69) is 0 Å². The molecule has 3 heteroatoms. The molecule has 0 spiro atoms. The summed E-state index contributed by atoms with van der Waals surface area (Å²) in [5.41, 5.74) is 2.07. The highest BCUT2D eigenvalue weighted by Gasteiger charge is 2.53. The van der Waals surface area contributed by atoms with Crippen LogP contribution in [0.25, 0.3) is 0 Å². The van der Waals surface area contributed by atoms with E-state index in [-0.39, 0.29) is 17.0 Å². The van der Waals surface area contributed by atoms with E-state index in [4.69, 9.17) is 0 Å². The molecule has 2 aliphatic carbocycles. The predicted molar refractivity (Wildman–Crippen MR) is 86.1 cm³/mol. The van der Waals surface area contributed by atoms with Gasteiger partial charge in [0.25, 0.3) is 0 Å². The largest absolute Gasteiger partial charge is 0.508 e. The summed E-state index contributed by atoms with van der Waals surface area (Å²) >= 11 is 0. The summed E-state index contributed by atoms with van der Waals surface area (Å²) in [4.78, 5) is 10.9. The van der Waals surface area contributed by atoms with E-state index in [9.17, 15) is 14.3 Å². The number of phenols is 1. The molecular weight excluding hydrogens is 291 g/mol. The molecule has 0 aromatic heterocycles. The highest BCUT2D eigenvalue weighted by Crippen LogP contribution is 2.60. The average Bonchev–Trinajstić information content (AvgIpc) is 3.16. The number of hydrogen-bond acceptors (Lipinski definition) is 2. The fraction of sp³-hybridized carbons (Fsp3) is 0.350. The summed E-state index contributed by atoms with van der Waals surface area (Å²) in [6.07, 6.45) is 5.24. The predicted octanol–water partition coefficient (Wildman–Crippen LogP) is 4.45. The Labute approximate surface area is 135 Å². The van der Waals surface area contributed by atoms with Crippen LogP contribution < -0.4 is 0 Å². The Morgan fingerprint density at radius 2 is 1.91 bits per heavy atom. The molecule has 2 nitrogen and oxygen atoms in total. The summed E-state index contributed by atoms with van der Waals surface area (Å²) in [6.45, 7) is 0. The van der Waals surface area contributed by atoms with Crippen LogP contribution in [-0.2, 0) is 5.41 Å². The van der Waals surface area contributed by atoms with Crippen LogP contribution in [0, 0.1) is 17.7 Å². The Morgan fingerprint density at radius 1 is 1.13 bits per heavy atom. The molecule has 0 aliphatic heterocycles. The SMILES string of the molecule is O=Cc1ccc(C2(c3ccc(O)cc3F)CC3CCC2C3)cc1. The first-order valence-corrected chi connectivity index (χ1v) is 8.18. The monoisotopic (exact) mass is 310 g/mol. The normalized spacial score (nSPS) is 28.9.